The minimum absolute atomic E-state index is 0.0998. The molecule has 1 aliphatic rings. The van der Waals surface area contributed by atoms with Gasteiger partial charge in [0.25, 0.3) is 5.56 Å². The van der Waals surface area contributed by atoms with Crippen LogP contribution >= 0.6 is 0 Å². The molecule has 0 amide bonds. The van der Waals surface area contributed by atoms with Gasteiger partial charge in [-0.25, -0.2) is 4.79 Å². The van der Waals surface area contributed by atoms with Crippen LogP contribution in [-0.2, 0) is 21.0 Å². The van der Waals surface area contributed by atoms with E-state index < -0.39 is 61.5 Å². The summed E-state index contributed by atoms with van der Waals surface area (Å²) < 4.78 is 52.2. The fraction of sp³-hybridized carbons (Fsp3) is 0.750. The lowest BCUT2D eigenvalue weighted by Crippen LogP contribution is -2.52. The molecule has 7 nitrogen and oxygen atoms in total. The highest BCUT2D eigenvalue weighted by atomic mass is 28.3. The molecule has 0 radical (unpaired) electrons. The Morgan fingerprint density at radius 1 is 1.37 bits per heavy atom. The summed E-state index contributed by atoms with van der Waals surface area (Å²) in [5, 5.41) is 8.31. The molecule has 0 saturated carbocycles. The second-order valence-electron chi connectivity index (χ2n) is 7.98. The van der Waals surface area contributed by atoms with Crippen LogP contribution in [0.1, 0.15) is 32.8 Å². The molecule has 0 spiro atoms. The van der Waals surface area contributed by atoms with Crippen molar-refractivity contribution in [2.75, 3.05) is 6.61 Å². The number of H-pyrrole nitrogens is 1. The van der Waals surface area contributed by atoms with Gasteiger partial charge in [-0.15, -0.1) is 0 Å². The third kappa shape index (κ3) is 4.36. The van der Waals surface area contributed by atoms with Gasteiger partial charge in [-0.1, -0.05) is 13.1 Å². The first-order valence-corrected chi connectivity index (χ1v) is 11.5. The molecule has 11 heteroatoms. The zero-order valence-corrected chi connectivity index (χ0v) is 17.0. The van der Waals surface area contributed by atoms with Crippen LogP contribution in [0.3, 0.4) is 0 Å². The molecule has 154 valence electrons. The van der Waals surface area contributed by atoms with Crippen LogP contribution in [0.4, 0.5) is 13.2 Å². The van der Waals surface area contributed by atoms with E-state index in [1.165, 1.54) is 0 Å². The molecule has 1 fully saturated rings. The van der Waals surface area contributed by atoms with Crippen LogP contribution in [0.2, 0.25) is 13.1 Å². The zero-order valence-electron chi connectivity index (χ0n) is 15.9. The van der Waals surface area contributed by atoms with Gasteiger partial charge in [-0.05, 0) is 20.8 Å². The lowest BCUT2D eigenvalue weighted by molar-refractivity contribution is -0.140. The molecule has 2 heterocycles. The maximum absolute atomic E-state index is 13.2. The van der Waals surface area contributed by atoms with Crippen molar-refractivity contribution in [3.05, 3.63) is 32.6 Å². The van der Waals surface area contributed by atoms with Gasteiger partial charge in [0.2, 0.25) is 0 Å². The summed E-state index contributed by atoms with van der Waals surface area (Å²) in [6.07, 6.45) is -5.71. The van der Waals surface area contributed by atoms with Crippen molar-refractivity contribution < 1.29 is 27.8 Å². The van der Waals surface area contributed by atoms with Gasteiger partial charge >= 0.3 is 11.9 Å². The van der Waals surface area contributed by atoms with E-state index in [0.717, 1.165) is 4.57 Å². The average Bonchev–Trinajstić information content (AvgIpc) is 2.83. The molecule has 0 aromatic carbocycles. The summed E-state index contributed by atoms with van der Waals surface area (Å²) in [5.41, 5.74) is -4.53. The zero-order chi connectivity index (χ0) is 20.8. The number of ether oxygens (including phenoxy) is 2. The number of rotatable bonds is 4. The Labute approximate surface area is 155 Å². The van der Waals surface area contributed by atoms with Gasteiger partial charge in [-0.2, -0.15) is 13.2 Å². The summed E-state index contributed by atoms with van der Waals surface area (Å²) in [6, 6.07) is 0. The van der Waals surface area contributed by atoms with E-state index in [1.54, 1.807) is 4.98 Å². The molecular weight excluding hydrogens is 385 g/mol. The molecule has 0 aliphatic carbocycles. The van der Waals surface area contributed by atoms with Crippen LogP contribution < -0.4 is 11.2 Å². The van der Waals surface area contributed by atoms with Gasteiger partial charge < -0.3 is 14.6 Å². The predicted octanol–water partition coefficient (Wildman–Crippen LogP) is 1.20. The van der Waals surface area contributed by atoms with E-state index >= 15 is 0 Å². The van der Waals surface area contributed by atoms with E-state index in [9.17, 15) is 27.9 Å². The van der Waals surface area contributed by atoms with Crippen LogP contribution in [-0.4, -0.2) is 47.9 Å². The van der Waals surface area contributed by atoms with Crippen molar-refractivity contribution in [3.8, 4) is 0 Å². The van der Waals surface area contributed by atoms with E-state index in [-0.39, 0.29) is 6.42 Å². The Morgan fingerprint density at radius 3 is 2.41 bits per heavy atom. The lowest BCUT2D eigenvalue weighted by Gasteiger charge is -2.35. The van der Waals surface area contributed by atoms with E-state index in [4.69, 9.17) is 9.47 Å². The third-order valence-electron chi connectivity index (χ3n) is 4.51. The second kappa shape index (κ2) is 7.19. The Bertz CT molecular complexity index is 799. The fourth-order valence-corrected chi connectivity index (χ4v) is 5.19. The summed E-state index contributed by atoms with van der Waals surface area (Å²) in [7, 11) is -2.00. The smallest absolute Gasteiger partial charge is 0.394 e. The minimum Gasteiger partial charge on any atom is -0.394 e. The number of aliphatic hydroxyl groups is 1. The van der Waals surface area contributed by atoms with Crippen LogP contribution in [0.25, 0.3) is 0 Å². The molecule has 1 aromatic rings. The van der Waals surface area contributed by atoms with Crippen molar-refractivity contribution in [1.29, 1.82) is 0 Å². The van der Waals surface area contributed by atoms with Gasteiger partial charge in [0.05, 0.1) is 27.1 Å². The van der Waals surface area contributed by atoms with E-state index in [0.29, 0.717) is 6.20 Å². The highest BCUT2D eigenvalue weighted by molar-refractivity contribution is 6.58. The largest absolute Gasteiger partial charge is 0.423 e. The van der Waals surface area contributed by atoms with E-state index in [1.807, 2.05) is 33.9 Å². The number of nitrogens with one attached hydrogen (secondary N) is 1. The summed E-state index contributed by atoms with van der Waals surface area (Å²) in [6.45, 7) is 8.65. The molecule has 0 unspecified atom stereocenters. The highest BCUT2D eigenvalue weighted by Gasteiger charge is 2.52. The Hall–Kier alpha value is -1.43. The Kier molecular flexibility index (Phi) is 5.82. The molecule has 2 rings (SSSR count). The molecule has 3 atom stereocenters. The Morgan fingerprint density at radius 2 is 1.96 bits per heavy atom. The van der Waals surface area contributed by atoms with Crippen molar-refractivity contribution in [1.82, 2.24) is 9.55 Å². The molecular formula is C16H25F3N2O5Si. The minimum atomic E-state index is -4.92. The number of aromatic nitrogens is 2. The molecule has 2 N–H and O–H groups in total. The van der Waals surface area contributed by atoms with Gasteiger partial charge in [0, 0.05) is 12.6 Å². The average molecular weight is 410 g/mol. The van der Waals surface area contributed by atoms with Gasteiger partial charge in [-0.3, -0.25) is 14.3 Å². The topological polar surface area (TPSA) is 93.6 Å². The standard InChI is InChI=1S/C16H25F3N2O5Si/c1-14(2,3)25-10-6-15(27(4)5,26-11(10)8-22)21-7-9(16(17,18)19)12(23)20-13(21)24/h7,10-11,22,27H,6,8H2,1-5H3,(H,20,23,24)/t10-,11+,15-/m0/s1. The molecule has 27 heavy (non-hydrogen) atoms. The van der Waals surface area contributed by atoms with Crippen molar-refractivity contribution in [2.45, 2.75) is 69.6 Å². The van der Waals surface area contributed by atoms with Crippen molar-refractivity contribution in [2.24, 2.45) is 0 Å². The second-order valence-corrected chi connectivity index (χ2v) is 11.2. The normalized spacial score (nSPS) is 26.7. The first-order chi connectivity index (χ1) is 12.2. The monoisotopic (exact) mass is 410 g/mol. The number of nitrogens with zero attached hydrogens (tertiary/aromatic N) is 1. The predicted molar refractivity (Wildman–Crippen MR) is 94.4 cm³/mol. The summed E-state index contributed by atoms with van der Waals surface area (Å²) >= 11 is 0. The molecule has 1 aromatic heterocycles. The third-order valence-corrected chi connectivity index (χ3v) is 6.96. The quantitative estimate of drug-likeness (QED) is 0.728. The van der Waals surface area contributed by atoms with Gasteiger partial charge in [0.15, 0.2) is 0 Å². The first-order valence-electron chi connectivity index (χ1n) is 8.61. The number of aromatic amines is 1. The van der Waals surface area contributed by atoms with Gasteiger partial charge in [0.1, 0.15) is 17.0 Å². The van der Waals surface area contributed by atoms with Crippen LogP contribution in [0.15, 0.2) is 15.8 Å². The number of aliphatic hydroxyl groups excluding tert-OH is 1. The fourth-order valence-electron chi connectivity index (χ4n) is 3.29. The van der Waals surface area contributed by atoms with Crippen LogP contribution in [0.5, 0.6) is 0 Å². The molecule has 1 saturated heterocycles. The number of hydrogen-bond acceptors (Lipinski definition) is 5. The van der Waals surface area contributed by atoms with E-state index in [2.05, 4.69) is 0 Å². The van der Waals surface area contributed by atoms with Crippen molar-refractivity contribution >= 4 is 8.80 Å². The van der Waals surface area contributed by atoms with Crippen molar-refractivity contribution in [3.63, 3.8) is 0 Å². The summed E-state index contributed by atoms with van der Waals surface area (Å²) in [4.78, 5) is 25.7. The maximum atomic E-state index is 13.2. The highest BCUT2D eigenvalue weighted by Crippen LogP contribution is 2.40. The SMILES string of the molecule is C[SiH](C)[C@]1(n2cc(C(F)(F)F)c(=O)[nH]c2=O)C[C@H](OC(C)(C)C)[C@@H](CO)O1. The number of halogens is 3. The Balaban J connectivity index is 2.62. The summed E-state index contributed by atoms with van der Waals surface area (Å²) in [5.74, 6) is 0. The maximum Gasteiger partial charge on any atom is 0.423 e. The van der Waals surface area contributed by atoms with Crippen LogP contribution in [0, 0.1) is 0 Å². The number of alkyl halides is 3. The lowest BCUT2D eigenvalue weighted by atomic mass is 10.1. The molecule has 0 bridgehead atoms. The first kappa shape index (κ1) is 21.9. The molecule has 1 aliphatic heterocycles. The number of hydrogen-bond donors (Lipinski definition) is 2.